The minimum Gasteiger partial charge on any atom is -0.508 e. The number of fused-ring (bicyclic) bond motifs is 1. The van der Waals surface area contributed by atoms with E-state index in [2.05, 4.69) is 0 Å². The number of aliphatic hydroxyl groups is 10. The SMILES string of the molecule is COc1cc(/C=C\C(=O)OC2C(Oc3cc(O)c4c(=O)c(OC5OC(CO)C(O)C(O)C5OC5OC(CO)C(O)C(O)C5O)c(-c5ccc(O)cc5)oc4c3)OC(CO)C(O)C2O)ccc1O. The number of phenolic OH excluding ortho intramolecular Hbond substituents is 3. The highest BCUT2D eigenvalue weighted by Crippen LogP contribution is 2.40. The summed E-state index contributed by atoms with van der Waals surface area (Å²) in [5.74, 6) is -3.76. The second-order valence-corrected chi connectivity index (χ2v) is 15.6. The Bertz CT molecular complexity index is 2440. The second kappa shape index (κ2) is 20.7. The molecule has 0 bridgehead atoms. The summed E-state index contributed by atoms with van der Waals surface area (Å²) in [6, 6.07) is 11.1. The number of carbonyl (C=O) groups is 1. The van der Waals surface area contributed by atoms with Crippen LogP contribution in [-0.2, 0) is 28.5 Å². The number of aliphatic hydroxyl groups excluding tert-OH is 10. The van der Waals surface area contributed by atoms with Gasteiger partial charge in [0.05, 0.1) is 26.9 Å². The van der Waals surface area contributed by atoms with Crippen LogP contribution in [0.4, 0.5) is 0 Å². The normalized spacial score (nSPS) is 32.3. The molecule has 4 aromatic rings. The Kier molecular flexibility index (Phi) is 15.2. The smallest absolute Gasteiger partial charge is 0.331 e. The van der Waals surface area contributed by atoms with Gasteiger partial charge in [0.15, 0.2) is 35.8 Å². The van der Waals surface area contributed by atoms with E-state index in [1.807, 2.05) is 0 Å². The average molecular weight is 949 g/mol. The van der Waals surface area contributed by atoms with Crippen molar-refractivity contribution in [3.63, 3.8) is 0 Å². The van der Waals surface area contributed by atoms with Gasteiger partial charge in [0.2, 0.25) is 23.8 Å². The molecule has 0 amide bonds. The van der Waals surface area contributed by atoms with Crippen molar-refractivity contribution in [2.75, 3.05) is 26.9 Å². The Balaban J connectivity index is 1.24. The third-order valence-corrected chi connectivity index (χ3v) is 11.2. The lowest BCUT2D eigenvalue weighted by Gasteiger charge is -2.45. The number of phenols is 3. The fraction of sp³-hybridized carbons (Fsp3) is 0.442. The molecule has 1 aromatic heterocycles. The molecule has 13 N–H and O–H groups in total. The van der Waals surface area contributed by atoms with Gasteiger partial charge in [-0.25, -0.2) is 4.79 Å². The Hall–Kier alpha value is -5.68. The van der Waals surface area contributed by atoms with E-state index in [-0.39, 0.29) is 28.6 Å². The van der Waals surface area contributed by atoms with Crippen molar-refractivity contribution in [3.05, 3.63) is 76.5 Å². The Labute approximate surface area is 377 Å². The molecule has 15 unspecified atom stereocenters. The second-order valence-electron chi connectivity index (χ2n) is 15.6. The fourth-order valence-corrected chi connectivity index (χ4v) is 7.53. The van der Waals surface area contributed by atoms with Crippen molar-refractivity contribution < 1.29 is 113 Å². The summed E-state index contributed by atoms with van der Waals surface area (Å²) in [5.41, 5.74) is -1.13. The van der Waals surface area contributed by atoms with Gasteiger partial charge >= 0.3 is 5.97 Å². The molecule has 67 heavy (non-hydrogen) atoms. The molecule has 3 aromatic carbocycles. The highest BCUT2D eigenvalue weighted by Gasteiger charge is 2.52. The van der Waals surface area contributed by atoms with Gasteiger partial charge in [-0.2, -0.15) is 0 Å². The van der Waals surface area contributed by atoms with E-state index in [9.17, 15) is 76.0 Å². The lowest BCUT2D eigenvalue weighted by molar-refractivity contribution is -0.358. The van der Waals surface area contributed by atoms with Gasteiger partial charge in [-0.15, -0.1) is 0 Å². The molecule has 3 aliphatic rings. The molecule has 364 valence electrons. The van der Waals surface area contributed by atoms with Gasteiger partial charge in [0.1, 0.15) is 89.3 Å². The van der Waals surface area contributed by atoms with Crippen LogP contribution in [-0.4, -0.2) is 191 Å². The molecule has 4 heterocycles. The van der Waals surface area contributed by atoms with E-state index >= 15 is 0 Å². The average Bonchev–Trinajstić information content (AvgIpc) is 3.31. The first kappa shape index (κ1) is 49.2. The topological polar surface area (TPSA) is 384 Å². The van der Waals surface area contributed by atoms with Crippen LogP contribution in [0.25, 0.3) is 28.4 Å². The molecule has 24 nitrogen and oxygen atoms in total. The number of benzene rings is 3. The summed E-state index contributed by atoms with van der Waals surface area (Å²) in [7, 11) is 1.32. The van der Waals surface area contributed by atoms with E-state index in [0.29, 0.717) is 5.56 Å². The van der Waals surface area contributed by atoms with Gasteiger partial charge in [-0.1, -0.05) is 6.07 Å². The number of aromatic hydroxyl groups is 3. The first-order chi connectivity index (χ1) is 32.0. The number of carbonyl (C=O) groups excluding carboxylic acids is 1. The zero-order valence-electron chi connectivity index (χ0n) is 34.9. The van der Waals surface area contributed by atoms with Crippen LogP contribution in [0, 0.1) is 0 Å². The van der Waals surface area contributed by atoms with Gasteiger partial charge < -0.3 is 109 Å². The molecule has 3 saturated heterocycles. The summed E-state index contributed by atoms with van der Waals surface area (Å²) in [5, 5.41) is 135. The molecule has 0 saturated carbocycles. The Morgan fingerprint density at radius 1 is 0.657 bits per heavy atom. The van der Waals surface area contributed by atoms with Crippen LogP contribution in [0.1, 0.15) is 5.56 Å². The number of hydrogen-bond donors (Lipinski definition) is 13. The lowest BCUT2D eigenvalue weighted by atomic mass is 9.97. The molecule has 3 fully saturated rings. The number of esters is 1. The quantitative estimate of drug-likeness (QED) is 0.0443. The predicted molar refractivity (Wildman–Crippen MR) is 220 cm³/mol. The molecule has 7 rings (SSSR count). The van der Waals surface area contributed by atoms with Gasteiger partial charge in [0, 0.05) is 23.8 Å². The first-order valence-corrected chi connectivity index (χ1v) is 20.4. The maximum absolute atomic E-state index is 14.5. The molecule has 0 spiro atoms. The van der Waals surface area contributed by atoms with E-state index < -0.39 is 152 Å². The molecular weight excluding hydrogens is 900 g/mol. The minimum absolute atomic E-state index is 0.0309. The van der Waals surface area contributed by atoms with Crippen molar-refractivity contribution in [1.82, 2.24) is 0 Å². The third kappa shape index (κ3) is 10.1. The van der Waals surface area contributed by atoms with Crippen LogP contribution in [0.3, 0.4) is 0 Å². The monoisotopic (exact) mass is 948 g/mol. The predicted octanol–water partition coefficient (Wildman–Crippen LogP) is -2.97. The van der Waals surface area contributed by atoms with Crippen LogP contribution >= 0.6 is 0 Å². The summed E-state index contributed by atoms with van der Waals surface area (Å²) >= 11 is 0. The molecule has 3 aliphatic heterocycles. The summed E-state index contributed by atoms with van der Waals surface area (Å²) in [6.45, 7) is -2.62. The number of methoxy groups -OCH3 is 1. The van der Waals surface area contributed by atoms with Gasteiger partial charge in [-0.3, -0.25) is 4.79 Å². The zero-order valence-corrected chi connectivity index (χ0v) is 34.9. The highest BCUT2D eigenvalue weighted by atomic mass is 16.8. The molecule has 24 heteroatoms. The van der Waals surface area contributed by atoms with Crippen LogP contribution in [0.5, 0.6) is 34.5 Å². The maximum atomic E-state index is 14.5. The zero-order chi connectivity index (χ0) is 48.4. The highest BCUT2D eigenvalue weighted by molar-refractivity contribution is 5.89. The third-order valence-electron chi connectivity index (χ3n) is 11.2. The summed E-state index contributed by atoms with van der Waals surface area (Å²) < 4.78 is 51.1. The Morgan fingerprint density at radius 3 is 1.85 bits per heavy atom. The summed E-state index contributed by atoms with van der Waals surface area (Å²) in [4.78, 5) is 27.5. The van der Waals surface area contributed by atoms with E-state index in [1.165, 1.54) is 55.7 Å². The number of ether oxygens (including phenoxy) is 8. The van der Waals surface area contributed by atoms with Crippen molar-refractivity contribution in [1.29, 1.82) is 0 Å². The van der Waals surface area contributed by atoms with Gasteiger partial charge in [-0.05, 0) is 48.0 Å². The molecular formula is C43H48O24. The first-order valence-electron chi connectivity index (χ1n) is 20.4. The Morgan fingerprint density at radius 2 is 1.24 bits per heavy atom. The van der Waals surface area contributed by atoms with Gasteiger partial charge in [0.25, 0.3) is 0 Å². The largest absolute Gasteiger partial charge is 0.508 e. The van der Waals surface area contributed by atoms with Crippen LogP contribution < -0.4 is 19.6 Å². The fourth-order valence-electron chi connectivity index (χ4n) is 7.53. The minimum atomic E-state index is -2.05. The van der Waals surface area contributed by atoms with Crippen molar-refractivity contribution in [2.45, 2.75) is 92.1 Å². The standard InChI is InChI=1S/C43H48O24/c1-59-22-10-16(2-8-20(22)48)3-9-27(50)65-39-34(56)30(52)25(14-45)63-42(39)60-19-11-21(49)28-23(12-19)61-37(17-4-6-18(47)7-5-17)38(32(28)54)66-43-40(35(57)31(53)26(15-46)64-43)67-41-36(58)33(55)29(51)24(13-44)62-41/h2-12,24-26,29-31,33-36,39-49,51-53,55-58H,13-15H2,1H3/b9-3-. The number of hydrogen-bond acceptors (Lipinski definition) is 24. The molecule has 0 aliphatic carbocycles. The van der Waals surface area contributed by atoms with Crippen molar-refractivity contribution >= 4 is 23.0 Å². The van der Waals surface area contributed by atoms with Crippen molar-refractivity contribution in [2.24, 2.45) is 0 Å². The van der Waals surface area contributed by atoms with Crippen molar-refractivity contribution in [3.8, 4) is 45.8 Å². The van der Waals surface area contributed by atoms with E-state index in [0.717, 1.165) is 18.2 Å². The van der Waals surface area contributed by atoms with Crippen LogP contribution in [0.15, 0.2) is 69.9 Å². The summed E-state index contributed by atoms with van der Waals surface area (Å²) in [6.07, 6.45) is -25.3. The lowest BCUT2D eigenvalue weighted by Crippen LogP contribution is -2.65. The molecule has 15 atom stereocenters. The number of rotatable bonds is 14. The van der Waals surface area contributed by atoms with E-state index in [4.69, 9.17) is 42.3 Å². The molecule has 0 radical (unpaired) electrons. The van der Waals surface area contributed by atoms with E-state index in [1.54, 1.807) is 0 Å². The maximum Gasteiger partial charge on any atom is 0.331 e. The van der Waals surface area contributed by atoms with Crippen LogP contribution in [0.2, 0.25) is 0 Å².